The lowest BCUT2D eigenvalue weighted by molar-refractivity contribution is 0.264. The van der Waals surface area contributed by atoms with E-state index in [4.69, 9.17) is 5.73 Å². The van der Waals surface area contributed by atoms with E-state index in [9.17, 15) is 0 Å². The van der Waals surface area contributed by atoms with E-state index in [1.54, 1.807) is 0 Å². The lowest BCUT2D eigenvalue weighted by Crippen LogP contribution is -2.37. The molecule has 3 heteroatoms. The van der Waals surface area contributed by atoms with Crippen molar-refractivity contribution >= 4 is 0 Å². The number of allylic oxidation sites excluding steroid dienone is 1. The first kappa shape index (κ1) is 16.1. The van der Waals surface area contributed by atoms with Crippen LogP contribution in [-0.4, -0.2) is 24.2 Å². The Bertz CT molecular complexity index is 250. The van der Waals surface area contributed by atoms with Crippen molar-refractivity contribution in [1.82, 2.24) is 10.2 Å². The highest BCUT2D eigenvalue weighted by Gasteiger charge is 2.16. The minimum absolute atomic E-state index is 0.483. The van der Waals surface area contributed by atoms with Gasteiger partial charge in [0.15, 0.2) is 0 Å². The van der Waals surface area contributed by atoms with Gasteiger partial charge >= 0.3 is 0 Å². The number of nitrogens with zero attached hydrogens (tertiary/aromatic N) is 1. The summed E-state index contributed by atoms with van der Waals surface area (Å²) in [6, 6.07) is 0. The average molecular weight is 265 g/mol. The van der Waals surface area contributed by atoms with Crippen molar-refractivity contribution in [3.05, 3.63) is 25.1 Å². The number of hydrogen-bond donors (Lipinski definition) is 2. The molecular weight excluding hydrogens is 234 g/mol. The summed E-state index contributed by atoms with van der Waals surface area (Å²) in [4.78, 5) is 2.31. The quantitative estimate of drug-likeness (QED) is 0.420. The molecule has 3 nitrogen and oxygen atoms in total. The molecule has 0 aliphatic carbocycles. The molecule has 0 aromatic rings. The molecule has 110 valence electrons. The molecule has 1 heterocycles. The maximum Gasteiger partial charge on any atom is 0.0981 e. The number of nitrogens with two attached hydrogens (primary N) is 1. The highest BCUT2D eigenvalue weighted by molar-refractivity contribution is 4.94. The minimum atomic E-state index is 0.483. The van der Waals surface area contributed by atoms with Gasteiger partial charge in [-0.2, -0.15) is 0 Å². The second-order valence-corrected chi connectivity index (χ2v) is 5.37. The van der Waals surface area contributed by atoms with Crippen molar-refractivity contribution < 1.29 is 0 Å². The Balaban J connectivity index is 1.89. The van der Waals surface area contributed by atoms with Gasteiger partial charge in [0.1, 0.15) is 0 Å². The summed E-state index contributed by atoms with van der Waals surface area (Å²) in [6.45, 7) is 5.44. The Labute approximate surface area is 118 Å². The van der Waals surface area contributed by atoms with Gasteiger partial charge in [-0.05, 0) is 25.7 Å². The number of nitrogens with one attached hydrogen (secondary N) is 1. The second-order valence-electron chi connectivity index (χ2n) is 5.37. The van der Waals surface area contributed by atoms with Gasteiger partial charge in [0, 0.05) is 25.5 Å². The van der Waals surface area contributed by atoms with Crippen LogP contribution in [0.1, 0.15) is 57.8 Å². The molecule has 19 heavy (non-hydrogen) atoms. The first-order valence-corrected chi connectivity index (χ1v) is 7.88. The van der Waals surface area contributed by atoms with Crippen LogP contribution < -0.4 is 11.1 Å². The van der Waals surface area contributed by atoms with Gasteiger partial charge in [0.05, 0.1) is 6.17 Å². The van der Waals surface area contributed by atoms with Gasteiger partial charge in [0.25, 0.3) is 0 Å². The molecule has 0 aromatic heterocycles. The highest BCUT2D eigenvalue weighted by atomic mass is 15.3. The topological polar surface area (TPSA) is 41.3 Å². The SMILES string of the molecule is C=CCCCCCCCCCC1NC=CN1CCN. The average Bonchev–Trinajstić information content (AvgIpc) is 2.85. The fourth-order valence-corrected chi connectivity index (χ4v) is 2.59. The number of unbranched alkanes of at least 4 members (excludes halogenated alkanes) is 7. The monoisotopic (exact) mass is 265 g/mol. The van der Waals surface area contributed by atoms with Crippen LogP contribution in [0.3, 0.4) is 0 Å². The zero-order chi connectivity index (χ0) is 13.8. The molecule has 1 aliphatic rings. The summed E-state index contributed by atoms with van der Waals surface area (Å²) in [7, 11) is 0. The van der Waals surface area contributed by atoms with Crippen molar-refractivity contribution in [2.75, 3.05) is 13.1 Å². The summed E-state index contributed by atoms with van der Waals surface area (Å²) in [5.74, 6) is 0. The van der Waals surface area contributed by atoms with Crippen LogP contribution in [0.25, 0.3) is 0 Å². The first-order valence-electron chi connectivity index (χ1n) is 7.88. The maximum absolute atomic E-state index is 5.61. The minimum Gasteiger partial charge on any atom is -0.370 e. The molecule has 0 bridgehead atoms. The van der Waals surface area contributed by atoms with Crippen LogP contribution >= 0.6 is 0 Å². The lowest BCUT2D eigenvalue weighted by atomic mass is 10.1. The molecule has 0 amide bonds. The molecule has 0 aromatic carbocycles. The molecule has 1 unspecified atom stereocenters. The fourth-order valence-electron chi connectivity index (χ4n) is 2.59. The van der Waals surface area contributed by atoms with Gasteiger partial charge < -0.3 is 16.0 Å². The Morgan fingerprint density at radius 1 is 1.11 bits per heavy atom. The van der Waals surface area contributed by atoms with Gasteiger partial charge in [0.2, 0.25) is 0 Å². The molecule has 3 N–H and O–H groups in total. The third-order valence-electron chi connectivity index (χ3n) is 3.73. The second kappa shape index (κ2) is 10.9. The summed E-state index contributed by atoms with van der Waals surface area (Å²) < 4.78 is 0. The van der Waals surface area contributed by atoms with Gasteiger partial charge in [-0.3, -0.25) is 0 Å². The van der Waals surface area contributed by atoms with E-state index in [1.165, 1.54) is 57.8 Å². The Morgan fingerprint density at radius 2 is 1.79 bits per heavy atom. The van der Waals surface area contributed by atoms with Gasteiger partial charge in [-0.15, -0.1) is 6.58 Å². The van der Waals surface area contributed by atoms with Crippen molar-refractivity contribution in [3.8, 4) is 0 Å². The molecule has 1 rings (SSSR count). The van der Waals surface area contributed by atoms with E-state index in [-0.39, 0.29) is 0 Å². The Hall–Kier alpha value is -0.960. The van der Waals surface area contributed by atoms with Crippen LogP contribution in [0.15, 0.2) is 25.1 Å². The third-order valence-corrected chi connectivity index (χ3v) is 3.73. The Kier molecular flexibility index (Phi) is 9.25. The van der Waals surface area contributed by atoms with Gasteiger partial charge in [-0.25, -0.2) is 0 Å². The summed E-state index contributed by atoms with van der Waals surface area (Å²) in [6.07, 6.45) is 18.6. The molecule has 0 saturated heterocycles. The first-order chi connectivity index (χ1) is 9.38. The summed E-state index contributed by atoms with van der Waals surface area (Å²) in [5.41, 5.74) is 5.61. The number of hydrogen-bond acceptors (Lipinski definition) is 3. The predicted octanol–water partition coefficient (Wildman–Crippen LogP) is 3.34. The van der Waals surface area contributed by atoms with Crippen molar-refractivity contribution in [3.63, 3.8) is 0 Å². The smallest absolute Gasteiger partial charge is 0.0981 e. The van der Waals surface area contributed by atoms with E-state index in [2.05, 4.69) is 23.0 Å². The van der Waals surface area contributed by atoms with E-state index in [1.807, 2.05) is 12.3 Å². The van der Waals surface area contributed by atoms with Gasteiger partial charge in [-0.1, -0.05) is 38.2 Å². The van der Waals surface area contributed by atoms with E-state index >= 15 is 0 Å². The fraction of sp³-hybridized carbons (Fsp3) is 0.750. The third kappa shape index (κ3) is 7.26. The molecule has 0 spiro atoms. The van der Waals surface area contributed by atoms with Crippen LogP contribution in [0.5, 0.6) is 0 Å². The zero-order valence-electron chi connectivity index (χ0n) is 12.3. The summed E-state index contributed by atoms with van der Waals surface area (Å²) >= 11 is 0. The van der Waals surface area contributed by atoms with Crippen molar-refractivity contribution in [2.45, 2.75) is 64.0 Å². The van der Waals surface area contributed by atoms with Crippen LogP contribution in [0.4, 0.5) is 0 Å². The lowest BCUT2D eigenvalue weighted by Gasteiger charge is -2.25. The van der Waals surface area contributed by atoms with Crippen LogP contribution in [-0.2, 0) is 0 Å². The number of rotatable bonds is 12. The normalized spacial score (nSPS) is 17.7. The molecular formula is C16H31N3. The van der Waals surface area contributed by atoms with Crippen LogP contribution in [0, 0.1) is 0 Å². The van der Waals surface area contributed by atoms with E-state index in [0.29, 0.717) is 6.17 Å². The zero-order valence-corrected chi connectivity index (χ0v) is 12.3. The maximum atomic E-state index is 5.61. The predicted molar refractivity (Wildman–Crippen MR) is 83.6 cm³/mol. The highest BCUT2D eigenvalue weighted by Crippen LogP contribution is 2.14. The molecule has 0 saturated carbocycles. The van der Waals surface area contributed by atoms with Crippen LogP contribution in [0.2, 0.25) is 0 Å². The summed E-state index contributed by atoms with van der Waals surface area (Å²) in [5, 5.41) is 3.40. The molecule has 0 fully saturated rings. The van der Waals surface area contributed by atoms with E-state index < -0.39 is 0 Å². The molecule has 0 radical (unpaired) electrons. The standard InChI is InChI=1S/C16H31N3/c1-2-3-4-5-6-7-8-9-10-11-16-18-13-15-19(16)14-12-17/h2,13,15-16,18H,1,3-12,14,17H2. The van der Waals surface area contributed by atoms with E-state index in [0.717, 1.165) is 13.1 Å². The van der Waals surface area contributed by atoms with Crippen molar-refractivity contribution in [1.29, 1.82) is 0 Å². The van der Waals surface area contributed by atoms with Crippen molar-refractivity contribution in [2.24, 2.45) is 5.73 Å². The Morgan fingerprint density at radius 3 is 2.47 bits per heavy atom. The largest absolute Gasteiger partial charge is 0.370 e. The molecule has 1 atom stereocenters. The molecule has 1 aliphatic heterocycles.